The van der Waals surface area contributed by atoms with E-state index >= 15 is 0 Å². The van der Waals surface area contributed by atoms with Gasteiger partial charge < -0.3 is 15.7 Å². The fraction of sp³-hybridized carbons (Fsp3) is 0.429. The van der Waals surface area contributed by atoms with Gasteiger partial charge in [-0.3, -0.25) is 0 Å². The first-order valence-corrected chi connectivity index (χ1v) is 6.65. The second-order valence-corrected chi connectivity index (χ2v) is 4.42. The number of nitrogens with one attached hydrogen (secondary N) is 2. The molecule has 0 atom stereocenters. The minimum Gasteiger partial charge on any atom is -0.395 e. The van der Waals surface area contributed by atoms with Crippen LogP contribution in [0.25, 0.3) is 6.08 Å². The van der Waals surface area contributed by atoms with Crippen LogP contribution in [-0.2, 0) is 0 Å². The third-order valence-corrected chi connectivity index (χ3v) is 2.69. The molecule has 0 amide bonds. The van der Waals surface area contributed by atoms with Gasteiger partial charge in [0.1, 0.15) is 0 Å². The van der Waals surface area contributed by atoms with Crippen molar-refractivity contribution in [2.24, 2.45) is 0 Å². The Hall–Kier alpha value is -0.290. The largest absolute Gasteiger partial charge is 0.395 e. The summed E-state index contributed by atoms with van der Waals surface area (Å²) in [5, 5.41) is 15.8. The maximum atomic E-state index is 8.57. The number of rotatable bonds is 9. The van der Waals surface area contributed by atoms with E-state index in [1.165, 1.54) is 0 Å². The van der Waals surface area contributed by atoms with E-state index in [4.69, 9.17) is 16.7 Å². The molecule has 1 aromatic carbocycles. The van der Waals surface area contributed by atoms with Gasteiger partial charge in [-0.25, -0.2) is 0 Å². The Balaban J connectivity index is 0. The molecule has 3 N–H and O–H groups in total. The van der Waals surface area contributed by atoms with Crippen LogP contribution in [0.5, 0.6) is 0 Å². The molecule has 0 fully saturated rings. The molecule has 1 rings (SSSR count). The molecule has 0 saturated heterocycles. The average molecular weight is 342 g/mol. The summed E-state index contributed by atoms with van der Waals surface area (Å²) in [5.74, 6) is 0. The van der Waals surface area contributed by atoms with Gasteiger partial charge in [0.25, 0.3) is 0 Å². The first kappa shape index (κ1) is 22.0. The van der Waals surface area contributed by atoms with Gasteiger partial charge >= 0.3 is 0 Å². The second-order valence-electron chi connectivity index (χ2n) is 3.99. The van der Waals surface area contributed by atoms with Gasteiger partial charge in [0.05, 0.1) is 6.61 Å². The Morgan fingerprint density at radius 3 is 2.30 bits per heavy atom. The Morgan fingerprint density at radius 2 is 1.65 bits per heavy atom. The maximum absolute atomic E-state index is 8.57. The molecule has 0 spiro atoms. The van der Waals surface area contributed by atoms with Crippen LogP contribution in [0.1, 0.15) is 12.0 Å². The lowest BCUT2D eigenvalue weighted by atomic mass is 10.2. The van der Waals surface area contributed by atoms with Crippen molar-refractivity contribution < 1.29 is 5.11 Å². The second kappa shape index (κ2) is 15.1. The average Bonchev–Trinajstić information content (AvgIpc) is 2.39. The van der Waals surface area contributed by atoms with E-state index < -0.39 is 0 Å². The van der Waals surface area contributed by atoms with Crippen molar-refractivity contribution in [3.63, 3.8) is 0 Å². The van der Waals surface area contributed by atoms with Crippen LogP contribution in [-0.4, -0.2) is 37.9 Å². The SMILES string of the molecule is Cl.Cl.OCCNCCCNC/C=C/c1ccc(Cl)cc1. The standard InChI is InChI=1S/C14H21ClN2O.2ClH/c15-14-6-4-13(5-7-14)3-1-8-16-9-2-10-17-11-12-18;;/h1,3-7,16-18H,2,8-12H2;2*1H/b3-1+;;. The van der Waals surface area contributed by atoms with E-state index in [1.54, 1.807) is 0 Å². The summed E-state index contributed by atoms with van der Waals surface area (Å²) >= 11 is 5.81. The highest BCUT2D eigenvalue weighted by atomic mass is 35.5. The summed E-state index contributed by atoms with van der Waals surface area (Å²) in [6, 6.07) is 7.78. The van der Waals surface area contributed by atoms with Crippen LogP contribution in [0.3, 0.4) is 0 Å². The van der Waals surface area contributed by atoms with E-state index in [2.05, 4.69) is 22.8 Å². The molecular weight excluding hydrogens is 319 g/mol. The quantitative estimate of drug-likeness (QED) is 0.605. The number of hydrogen-bond donors (Lipinski definition) is 3. The molecule has 1 aromatic rings. The summed E-state index contributed by atoms with van der Waals surface area (Å²) in [5.41, 5.74) is 1.16. The molecule has 6 heteroatoms. The molecule has 0 radical (unpaired) electrons. The number of hydrogen-bond acceptors (Lipinski definition) is 3. The Bertz CT molecular complexity index is 345. The van der Waals surface area contributed by atoms with Crippen molar-refractivity contribution in [1.29, 1.82) is 0 Å². The molecule has 0 bridgehead atoms. The fourth-order valence-electron chi connectivity index (χ4n) is 1.50. The van der Waals surface area contributed by atoms with Crippen LogP contribution in [0.2, 0.25) is 5.02 Å². The van der Waals surface area contributed by atoms with Crippen molar-refractivity contribution in [2.75, 3.05) is 32.8 Å². The lowest BCUT2D eigenvalue weighted by molar-refractivity contribution is 0.292. The van der Waals surface area contributed by atoms with E-state index in [9.17, 15) is 0 Å². The van der Waals surface area contributed by atoms with Gasteiger partial charge in [-0.2, -0.15) is 0 Å². The highest BCUT2D eigenvalue weighted by Crippen LogP contribution is 2.10. The van der Waals surface area contributed by atoms with Gasteiger partial charge in [-0.15, -0.1) is 24.8 Å². The van der Waals surface area contributed by atoms with Gasteiger partial charge in [0, 0.05) is 18.1 Å². The predicted molar refractivity (Wildman–Crippen MR) is 92.4 cm³/mol. The molecular formula is C14H23Cl3N2O. The van der Waals surface area contributed by atoms with E-state index in [-0.39, 0.29) is 31.4 Å². The maximum Gasteiger partial charge on any atom is 0.0555 e. The molecule has 0 aliphatic rings. The fourth-order valence-corrected chi connectivity index (χ4v) is 1.62. The zero-order valence-corrected chi connectivity index (χ0v) is 13.7. The molecule has 0 heterocycles. The van der Waals surface area contributed by atoms with Crippen LogP contribution in [0.15, 0.2) is 30.3 Å². The molecule has 3 nitrogen and oxygen atoms in total. The van der Waals surface area contributed by atoms with Crippen molar-refractivity contribution in [3.8, 4) is 0 Å². The van der Waals surface area contributed by atoms with Crippen molar-refractivity contribution >= 4 is 42.5 Å². The lowest BCUT2D eigenvalue weighted by Crippen LogP contribution is -2.24. The zero-order valence-electron chi connectivity index (χ0n) is 11.3. The summed E-state index contributed by atoms with van der Waals surface area (Å²) in [6.07, 6.45) is 5.24. The highest BCUT2D eigenvalue weighted by molar-refractivity contribution is 6.30. The molecule has 0 unspecified atom stereocenters. The number of aliphatic hydroxyl groups excluding tert-OH is 1. The Kier molecular flexibility index (Phi) is 16.6. The number of halogens is 3. The number of aliphatic hydroxyl groups is 1. The van der Waals surface area contributed by atoms with Crippen LogP contribution in [0.4, 0.5) is 0 Å². The molecule has 20 heavy (non-hydrogen) atoms. The van der Waals surface area contributed by atoms with E-state index in [1.807, 2.05) is 24.3 Å². The number of benzene rings is 1. The van der Waals surface area contributed by atoms with Gasteiger partial charge in [0.2, 0.25) is 0 Å². The summed E-state index contributed by atoms with van der Waals surface area (Å²) in [7, 11) is 0. The van der Waals surface area contributed by atoms with Crippen molar-refractivity contribution in [2.45, 2.75) is 6.42 Å². The van der Waals surface area contributed by atoms with Crippen molar-refractivity contribution in [3.05, 3.63) is 40.9 Å². The minimum absolute atomic E-state index is 0. The van der Waals surface area contributed by atoms with Crippen LogP contribution < -0.4 is 10.6 Å². The smallest absolute Gasteiger partial charge is 0.0555 e. The zero-order chi connectivity index (χ0) is 13.1. The third kappa shape index (κ3) is 11.5. The molecule has 0 aliphatic carbocycles. The minimum atomic E-state index is 0. The summed E-state index contributed by atoms with van der Waals surface area (Å²) in [4.78, 5) is 0. The highest BCUT2D eigenvalue weighted by Gasteiger charge is 1.88. The van der Waals surface area contributed by atoms with Crippen LogP contribution >= 0.6 is 36.4 Å². The topological polar surface area (TPSA) is 44.3 Å². The Labute approximate surface area is 138 Å². The molecule has 0 aromatic heterocycles. The first-order chi connectivity index (χ1) is 8.83. The first-order valence-electron chi connectivity index (χ1n) is 6.27. The van der Waals surface area contributed by atoms with E-state index in [0.29, 0.717) is 6.54 Å². The van der Waals surface area contributed by atoms with Gasteiger partial charge in [-0.05, 0) is 37.2 Å². The normalized spacial score (nSPS) is 10.1. The van der Waals surface area contributed by atoms with E-state index in [0.717, 1.165) is 36.6 Å². The van der Waals surface area contributed by atoms with Crippen LogP contribution in [0, 0.1) is 0 Å². The summed E-state index contributed by atoms with van der Waals surface area (Å²) < 4.78 is 0. The Morgan fingerprint density at radius 1 is 1.00 bits per heavy atom. The van der Waals surface area contributed by atoms with Gasteiger partial charge in [-0.1, -0.05) is 35.9 Å². The monoisotopic (exact) mass is 340 g/mol. The molecule has 0 saturated carbocycles. The third-order valence-electron chi connectivity index (χ3n) is 2.44. The lowest BCUT2D eigenvalue weighted by Gasteiger charge is -2.03. The van der Waals surface area contributed by atoms with Gasteiger partial charge in [0.15, 0.2) is 0 Å². The predicted octanol–water partition coefficient (Wildman–Crippen LogP) is 2.76. The van der Waals surface area contributed by atoms with Crippen molar-refractivity contribution in [1.82, 2.24) is 10.6 Å². The summed E-state index contributed by atoms with van der Waals surface area (Å²) in [6.45, 7) is 3.66. The molecule has 0 aliphatic heterocycles. The molecule has 116 valence electrons.